The first kappa shape index (κ1) is 9.51. The van der Waals surface area contributed by atoms with Crippen molar-refractivity contribution in [3.63, 3.8) is 0 Å². The van der Waals surface area contributed by atoms with Crippen molar-refractivity contribution in [2.75, 3.05) is 0 Å². The first-order chi connectivity index (χ1) is 5.54. The van der Waals surface area contributed by atoms with E-state index >= 15 is 0 Å². The Hall–Kier alpha value is -0.580. The molecule has 0 fully saturated rings. The normalized spacial score (nSPS) is 9.83. The summed E-state index contributed by atoms with van der Waals surface area (Å²) in [6, 6.07) is 0. The van der Waals surface area contributed by atoms with Crippen LogP contribution in [0.4, 0.5) is 0 Å². The number of ketones is 1. The summed E-state index contributed by atoms with van der Waals surface area (Å²) in [5.74, 6) is -2.56. The van der Waals surface area contributed by atoms with Gasteiger partial charge >= 0.3 is 5.97 Å². The summed E-state index contributed by atoms with van der Waals surface area (Å²) in [5, 5.41) is 9.95. The fraction of sp³-hybridized carbons (Fsp3) is 0. The van der Waals surface area contributed by atoms with Gasteiger partial charge in [-0.25, -0.2) is 4.79 Å². The van der Waals surface area contributed by atoms with E-state index in [0.717, 1.165) is 11.3 Å². The lowest BCUT2D eigenvalue weighted by atomic mass is 10.3. The maximum atomic E-state index is 10.8. The Morgan fingerprint density at radius 2 is 2.00 bits per heavy atom. The van der Waals surface area contributed by atoms with Crippen molar-refractivity contribution in [1.82, 2.24) is 0 Å². The molecule has 0 spiro atoms. The molecule has 64 valence electrons. The third-order valence-corrected chi connectivity index (χ3v) is 3.10. The summed E-state index contributed by atoms with van der Waals surface area (Å²) in [5.41, 5.74) is 0. The molecule has 0 radical (unpaired) electrons. The van der Waals surface area contributed by atoms with Crippen LogP contribution < -0.4 is 0 Å². The zero-order valence-corrected chi connectivity index (χ0v) is 7.83. The quantitative estimate of drug-likeness (QED) is 0.620. The molecule has 1 heterocycles. The maximum Gasteiger partial charge on any atom is 0.378 e. The molecule has 0 amide bonds. The van der Waals surface area contributed by atoms with Crippen LogP contribution in [-0.4, -0.2) is 16.9 Å². The van der Waals surface area contributed by atoms with Crippen LogP contribution in [0.25, 0.3) is 0 Å². The molecule has 1 aromatic rings. The molecule has 0 aromatic carbocycles. The molecule has 0 saturated carbocycles. The van der Waals surface area contributed by atoms with E-state index in [-0.39, 0.29) is 14.9 Å². The smallest absolute Gasteiger partial charge is 0.378 e. The van der Waals surface area contributed by atoms with Gasteiger partial charge in [-0.3, -0.25) is 4.79 Å². The van der Waals surface area contributed by atoms with Gasteiger partial charge in [0.05, 0.1) is 10.0 Å². The molecule has 0 atom stereocenters. The molecule has 0 aliphatic carbocycles. The monoisotopic (exact) mass is 224 g/mol. The zero-order valence-electron chi connectivity index (χ0n) is 5.51. The lowest BCUT2D eigenvalue weighted by Crippen LogP contribution is -2.11. The second-order valence-corrected chi connectivity index (χ2v) is 3.53. The van der Waals surface area contributed by atoms with E-state index in [2.05, 4.69) is 0 Å². The standard InChI is InChI=1S/C6H2Cl2O3S/c7-2-1-12-5(3(2)8)4(9)6(10)11/h1H,(H,10,11). The van der Waals surface area contributed by atoms with E-state index in [1.54, 1.807) is 0 Å². The SMILES string of the molecule is O=C(O)C(=O)c1scc(Cl)c1Cl. The van der Waals surface area contributed by atoms with Crippen molar-refractivity contribution in [2.45, 2.75) is 0 Å². The van der Waals surface area contributed by atoms with Gasteiger partial charge in [-0.05, 0) is 0 Å². The first-order valence-electron chi connectivity index (χ1n) is 2.74. The zero-order chi connectivity index (χ0) is 9.30. The average Bonchev–Trinajstić information content (AvgIpc) is 2.32. The molecule has 0 aliphatic heterocycles. The minimum atomic E-state index is -1.53. The predicted molar refractivity (Wildman–Crippen MR) is 46.3 cm³/mol. The Morgan fingerprint density at radius 1 is 1.42 bits per heavy atom. The fourth-order valence-electron chi connectivity index (χ4n) is 0.573. The summed E-state index contributed by atoms with van der Waals surface area (Å²) >= 11 is 12.0. The van der Waals surface area contributed by atoms with Gasteiger partial charge in [-0.1, -0.05) is 23.2 Å². The number of Topliss-reactive ketones (excluding diaryl/α,β-unsaturated/α-hetero) is 1. The number of carbonyl (C=O) groups excluding carboxylic acids is 1. The number of carboxylic acid groups (broad SMARTS) is 1. The average molecular weight is 225 g/mol. The predicted octanol–water partition coefficient (Wildman–Crippen LogP) is 2.32. The molecule has 3 nitrogen and oxygen atoms in total. The number of thiophene rings is 1. The highest BCUT2D eigenvalue weighted by atomic mass is 35.5. The van der Waals surface area contributed by atoms with Crippen LogP contribution in [0.15, 0.2) is 5.38 Å². The third kappa shape index (κ3) is 1.60. The molecule has 1 aromatic heterocycles. The minimum Gasteiger partial charge on any atom is -0.475 e. The summed E-state index contributed by atoms with van der Waals surface area (Å²) in [6.07, 6.45) is 0. The molecule has 0 unspecified atom stereocenters. The van der Waals surface area contributed by atoms with E-state index in [1.165, 1.54) is 5.38 Å². The van der Waals surface area contributed by atoms with E-state index in [0.29, 0.717) is 0 Å². The van der Waals surface area contributed by atoms with Crippen LogP contribution in [-0.2, 0) is 4.79 Å². The number of hydrogen-bond donors (Lipinski definition) is 1. The molecule has 1 N–H and O–H groups in total. The number of carboxylic acids is 1. The van der Waals surface area contributed by atoms with Gasteiger partial charge in [-0.15, -0.1) is 11.3 Å². The topological polar surface area (TPSA) is 54.4 Å². The Labute approximate surface area is 81.5 Å². The van der Waals surface area contributed by atoms with Crippen molar-refractivity contribution >= 4 is 46.3 Å². The Bertz CT molecular complexity index is 345. The number of halogens is 2. The Morgan fingerprint density at radius 3 is 2.33 bits per heavy atom. The number of carbonyl (C=O) groups is 2. The lowest BCUT2D eigenvalue weighted by molar-refractivity contribution is -0.131. The van der Waals surface area contributed by atoms with Crippen molar-refractivity contribution in [3.8, 4) is 0 Å². The second kappa shape index (κ2) is 3.43. The van der Waals surface area contributed by atoms with Crippen molar-refractivity contribution in [2.24, 2.45) is 0 Å². The van der Waals surface area contributed by atoms with Gasteiger partial charge in [0.1, 0.15) is 4.88 Å². The second-order valence-electron chi connectivity index (χ2n) is 1.86. The van der Waals surface area contributed by atoms with Gasteiger partial charge < -0.3 is 5.11 Å². The molecule has 1 rings (SSSR count). The number of aliphatic carboxylic acids is 1. The third-order valence-electron chi connectivity index (χ3n) is 1.09. The summed E-state index contributed by atoms with van der Waals surface area (Å²) < 4.78 is 0. The van der Waals surface area contributed by atoms with Crippen LogP contribution in [0.5, 0.6) is 0 Å². The molecule has 6 heteroatoms. The van der Waals surface area contributed by atoms with Crippen molar-refractivity contribution in [3.05, 3.63) is 20.3 Å². The van der Waals surface area contributed by atoms with Crippen LogP contribution in [0.1, 0.15) is 9.67 Å². The van der Waals surface area contributed by atoms with Crippen LogP contribution in [0, 0.1) is 0 Å². The summed E-state index contributed by atoms with van der Waals surface area (Å²) in [7, 11) is 0. The molecular formula is C6H2Cl2O3S. The van der Waals surface area contributed by atoms with Gasteiger partial charge in [0.2, 0.25) is 0 Å². The van der Waals surface area contributed by atoms with E-state index in [4.69, 9.17) is 28.3 Å². The highest BCUT2D eigenvalue weighted by Crippen LogP contribution is 2.31. The summed E-state index contributed by atoms with van der Waals surface area (Å²) in [6.45, 7) is 0. The number of hydrogen-bond acceptors (Lipinski definition) is 3. The van der Waals surface area contributed by atoms with E-state index < -0.39 is 11.8 Å². The van der Waals surface area contributed by atoms with Gasteiger partial charge in [0.15, 0.2) is 0 Å². The molecular weight excluding hydrogens is 223 g/mol. The lowest BCUT2D eigenvalue weighted by Gasteiger charge is -1.90. The minimum absolute atomic E-state index is 0.00840. The van der Waals surface area contributed by atoms with Crippen molar-refractivity contribution in [1.29, 1.82) is 0 Å². The van der Waals surface area contributed by atoms with E-state index in [1.807, 2.05) is 0 Å². The van der Waals surface area contributed by atoms with Gasteiger partial charge in [0.25, 0.3) is 5.78 Å². The summed E-state index contributed by atoms with van der Waals surface area (Å²) in [4.78, 5) is 21.0. The largest absolute Gasteiger partial charge is 0.475 e. The van der Waals surface area contributed by atoms with Gasteiger partial charge in [0, 0.05) is 5.38 Å². The Kier molecular flexibility index (Phi) is 2.72. The molecule has 0 bridgehead atoms. The molecule has 12 heavy (non-hydrogen) atoms. The van der Waals surface area contributed by atoms with E-state index in [9.17, 15) is 9.59 Å². The van der Waals surface area contributed by atoms with Gasteiger partial charge in [-0.2, -0.15) is 0 Å². The number of rotatable bonds is 2. The molecule has 0 saturated heterocycles. The molecule has 0 aliphatic rings. The van der Waals surface area contributed by atoms with Crippen LogP contribution >= 0.6 is 34.5 Å². The van der Waals surface area contributed by atoms with Crippen LogP contribution in [0.3, 0.4) is 0 Å². The highest BCUT2D eigenvalue weighted by molar-refractivity contribution is 7.14. The van der Waals surface area contributed by atoms with Crippen LogP contribution in [0.2, 0.25) is 10.0 Å². The fourth-order valence-corrected chi connectivity index (χ4v) is 1.94. The van der Waals surface area contributed by atoms with Crippen molar-refractivity contribution < 1.29 is 14.7 Å². The maximum absolute atomic E-state index is 10.8. The Balaban J connectivity index is 3.12. The highest BCUT2D eigenvalue weighted by Gasteiger charge is 2.21. The first-order valence-corrected chi connectivity index (χ1v) is 4.37.